The average molecular weight is 268 g/mol. The summed E-state index contributed by atoms with van der Waals surface area (Å²) in [6.45, 7) is 2.15. The zero-order valence-electron chi connectivity index (χ0n) is 10.3. The number of rotatable bonds is 4. The van der Waals surface area contributed by atoms with Crippen LogP contribution in [0.1, 0.15) is 25.3 Å². The van der Waals surface area contributed by atoms with Gasteiger partial charge in [0, 0.05) is 0 Å². The lowest BCUT2D eigenvalue weighted by atomic mass is 10.1. The van der Waals surface area contributed by atoms with Crippen LogP contribution in [-0.2, 0) is 6.42 Å². The van der Waals surface area contributed by atoms with Crippen molar-refractivity contribution in [2.24, 2.45) is 5.73 Å². The van der Waals surface area contributed by atoms with Crippen LogP contribution in [0.4, 0.5) is 5.69 Å². The molecule has 0 atom stereocenters. The topological polar surface area (TPSA) is 97.8 Å². The highest BCUT2D eigenvalue weighted by atomic mass is 35.5. The Bertz CT molecular complexity index is 444. The maximum Gasteiger partial charge on any atom is 0.199 e. The van der Waals surface area contributed by atoms with Crippen LogP contribution in [-0.4, -0.2) is 11.9 Å². The number of nitrogens with one attached hydrogen (secondary N) is 4. The van der Waals surface area contributed by atoms with Crippen molar-refractivity contribution in [1.82, 2.24) is 5.32 Å². The van der Waals surface area contributed by atoms with E-state index >= 15 is 0 Å². The third-order valence-electron chi connectivity index (χ3n) is 2.37. The smallest absolute Gasteiger partial charge is 0.199 e. The fourth-order valence-electron chi connectivity index (χ4n) is 1.50. The van der Waals surface area contributed by atoms with E-state index in [0.29, 0.717) is 10.7 Å². The molecule has 18 heavy (non-hydrogen) atoms. The molecule has 1 aromatic carbocycles. The first-order valence-corrected chi connectivity index (χ1v) is 6.15. The fourth-order valence-corrected chi connectivity index (χ4v) is 1.75. The molecule has 0 aromatic heterocycles. The molecule has 0 saturated heterocycles. The maximum absolute atomic E-state index is 7.52. The van der Waals surface area contributed by atoms with Gasteiger partial charge >= 0.3 is 0 Å². The van der Waals surface area contributed by atoms with Crippen LogP contribution >= 0.6 is 11.6 Å². The Hall–Kier alpha value is -1.75. The second-order valence-electron chi connectivity index (χ2n) is 3.96. The molecule has 0 aliphatic carbocycles. The van der Waals surface area contributed by atoms with E-state index in [-0.39, 0.29) is 11.9 Å². The Morgan fingerprint density at radius 2 is 2.11 bits per heavy atom. The zero-order valence-corrected chi connectivity index (χ0v) is 11.1. The van der Waals surface area contributed by atoms with Crippen molar-refractivity contribution in [1.29, 1.82) is 10.8 Å². The van der Waals surface area contributed by atoms with Crippen molar-refractivity contribution in [2.75, 3.05) is 5.32 Å². The van der Waals surface area contributed by atoms with Crippen molar-refractivity contribution in [3.8, 4) is 0 Å². The molecule has 1 aromatic rings. The molecule has 0 fully saturated rings. The summed E-state index contributed by atoms with van der Waals surface area (Å²) in [4.78, 5) is 0. The van der Waals surface area contributed by atoms with E-state index in [0.717, 1.165) is 19.3 Å². The highest BCUT2D eigenvalue weighted by Crippen LogP contribution is 2.23. The number of hydrogen-bond acceptors (Lipinski definition) is 2. The number of anilines is 1. The van der Waals surface area contributed by atoms with Crippen molar-refractivity contribution in [3.05, 3.63) is 28.8 Å². The number of nitrogens with two attached hydrogens (primary N) is 1. The molecule has 0 bridgehead atoms. The third-order valence-corrected chi connectivity index (χ3v) is 2.68. The number of halogens is 1. The summed E-state index contributed by atoms with van der Waals surface area (Å²) < 4.78 is 0. The number of benzene rings is 1. The van der Waals surface area contributed by atoms with Crippen LogP contribution in [0.15, 0.2) is 18.2 Å². The van der Waals surface area contributed by atoms with E-state index < -0.39 is 0 Å². The fraction of sp³-hybridized carbons (Fsp3) is 0.333. The van der Waals surface area contributed by atoms with E-state index in [2.05, 4.69) is 17.6 Å². The second kappa shape index (κ2) is 6.86. The van der Waals surface area contributed by atoms with Crippen molar-refractivity contribution in [2.45, 2.75) is 26.2 Å². The molecule has 6 heteroatoms. The normalized spacial score (nSPS) is 9.89. The van der Waals surface area contributed by atoms with E-state index in [4.69, 9.17) is 28.2 Å². The third kappa shape index (κ3) is 4.63. The molecule has 0 amide bonds. The number of unbranched alkanes of at least 4 members (excludes halogenated alkanes) is 1. The Labute approximate surface area is 112 Å². The van der Waals surface area contributed by atoms with Crippen LogP contribution in [0.2, 0.25) is 5.02 Å². The van der Waals surface area contributed by atoms with Gasteiger partial charge in [-0.25, -0.2) is 0 Å². The maximum atomic E-state index is 7.52. The van der Waals surface area contributed by atoms with Crippen LogP contribution in [0.5, 0.6) is 0 Å². The zero-order chi connectivity index (χ0) is 13.5. The van der Waals surface area contributed by atoms with E-state index in [1.807, 2.05) is 18.2 Å². The van der Waals surface area contributed by atoms with Crippen molar-refractivity contribution in [3.63, 3.8) is 0 Å². The lowest BCUT2D eigenvalue weighted by molar-refractivity contribution is 0.795. The predicted octanol–water partition coefficient (Wildman–Crippen LogP) is 2.51. The number of aryl methyl sites for hydroxylation is 1. The molecule has 0 aliphatic heterocycles. The lowest BCUT2D eigenvalue weighted by Gasteiger charge is -2.11. The molecule has 0 spiro atoms. The highest BCUT2D eigenvalue weighted by Gasteiger charge is 2.04. The number of hydrogen-bond donors (Lipinski definition) is 5. The Kier molecular flexibility index (Phi) is 5.45. The largest absolute Gasteiger partial charge is 0.370 e. The highest BCUT2D eigenvalue weighted by molar-refractivity contribution is 6.33. The summed E-state index contributed by atoms with van der Waals surface area (Å²) in [6.07, 6.45) is 3.27. The van der Waals surface area contributed by atoms with Crippen LogP contribution in [0.25, 0.3) is 0 Å². The second-order valence-corrected chi connectivity index (χ2v) is 4.36. The van der Waals surface area contributed by atoms with Gasteiger partial charge in [0.1, 0.15) is 0 Å². The summed E-state index contributed by atoms with van der Waals surface area (Å²) in [5, 5.41) is 20.2. The van der Waals surface area contributed by atoms with Crippen LogP contribution < -0.4 is 16.4 Å². The molecule has 0 unspecified atom stereocenters. The van der Waals surface area contributed by atoms with Gasteiger partial charge in [0.15, 0.2) is 11.9 Å². The predicted molar refractivity (Wildman–Crippen MR) is 76.5 cm³/mol. The molecule has 0 saturated carbocycles. The first kappa shape index (κ1) is 14.3. The molecule has 0 radical (unpaired) electrons. The van der Waals surface area contributed by atoms with Gasteiger partial charge in [-0.15, -0.1) is 0 Å². The summed E-state index contributed by atoms with van der Waals surface area (Å²) in [5.74, 6) is -0.367. The summed E-state index contributed by atoms with van der Waals surface area (Å²) >= 11 is 6.12. The first-order valence-electron chi connectivity index (χ1n) is 5.78. The molecule has 98 valence electrons. The molecule has 1 rings (SSSR count). The van der Waals surface area contributed by atoms with Gasteiger partial charge in [0.2, 0.25) is 0 Å². The molecule has 0 aliphatic rings. The van der Waals surface area contributed by atoms with Gasteiger partial charge in [-0.1, -0.05) is 31.0 Å². The minimum absolute atomic E-state index is 0.0780. The molecular weight excluding hydrogens is 250 g/mol. The molecule has 0 heterocycles. The van der Waals surface area contributed by atoms with E-state index in [1.54, 1.807) is 0 Å². The minimum Gasteiger partial charge on any atom is -0.370 e. The van der Waals surface area contributed by atoms with Gasteiger partial charge in [-0.2, -0.15) is 0 Å². The SMILES string of the molecule is CCCCc1ccc(NC(=N)NC(=N)N)c(Cl)c1. The van der Waals surface area contributed by atoms with Gasteiger partial charge in [-0.3, -0.25) is 16.1 Å². The van der Waals surface area contributed by atoms with E-state index in [9.17, 15) is 0 Å². The van der Waals surface area contributed by atoms with Crippen molar-refractivity contribution < 1.29 is 0 Å². The Balaban J connectivity index is 2.67. The Morgan fingerprint density at radius 3 is 2.67 bits per heavy atom. The van der Waals surface area contributed by atoms with Crippen LogP contribution in [0, 0.1) is 10.8 Å². The van der Waals surface area contributed by atoms with Gasteiger partial charge in [0.05, 0.1) is 10.7 Å². The van der Waals surface area contributed by atoms with E-state index in [1.165, 1.54) is 5.56 Å². The monoisotopic (exact) mass is 267 g/mol. The standard InChI is InChI=1S/C12H18ClN5/c1-2-3-4-8-5-6-10(9(13)7-8)17-12(16)18-11(14)15/h5-7H,2-4H2,1H3,(H6,14,15,16,17,18). The van der Waals surface area contributed by atoms with Gasteiger partial charge in [0.25, 0.3) is 0 Å². The molecule has 5 nitrogen and oxygen atoms in total. The quantitative estimate of drug-likeness (QED) is 0.428. The number of guanidine groups is 2. The molecule has 6 N–H and O–H groups in total. The first-order chi connectivity index (χ1) is 8.52. The van der Waals surface area contributed by atoms with Gasteiger partial charge in [-0.05, 0) is 30.5 Å². The minimum atomic E-state index is -0.289. The lowest BCUT2D eigenvalue weighted by Crippen LogP contribution is -2.39. The molecular formula is C12H18ClN5. The Morgan fingerprint density at radius 1 is 1.39 bits per heavy atom. The summed E-state index contributed by atoms with van der Waals surface area (Å²) in [6, 6.07) is 5.69. The van der Waals surface area contributed by atoms with Gasteiger partial charge < -0.3 is 11.1 Å². The van der Waals surface area contributed by atoms with Crippen molar-refractivity contribution >= 4 is 29.2 Å². The average Bonchev–Trinajstić information content (AvgIpc) is 2.28. The van der Waals surface area contributed by atoms with Crippen LogP contribution in [0.3, 0.4) is 0 Å². The summed E-state index contributed by atoms with van der Waals surface area (Å²) in [5.41, 5.74) is 6.92. The summed E-state index contributed by atoms with van der Waals surface area (Å²) in [7, 11) is 0.